The zero-order valence-corrected chi connectivity index (χ0v) is 11.0. The fourth-order valence-corrected chi connectivity index (χ4v) is 1.82. The van der Waals surface area contributed by atoms with Gasteiger partial charge in [0.15, 0.2) is 0 Å². The molecular weight excluding hydrogens is 257 g/mol. The van der Waals surface area contributed by atoms with E-state index in [4.69, 9.17) is 10.00 Å². The van der Waals surface area contributed by atoms with E-state index in [0.717, 1.165) is 5.56 Å². The van der Waals surface area contributed by atoms with E-state index in [9.17, 15) is 9.50 Å². The van der Waals surface area contributed by atoms with Crippen LogP contribution in [0.2, 0.25) is 0 Å². The van der Waals surface area contributed by atoms with Gasteiger partial charge in [-0.25, -0.2) is 4.39 Å². The Morgan fingerprint density at radius 1 is 1.25 bits per heavy atom. The van der Waals surface area contributed by atoms with Gasteiger partial charge in [0.2, 0.25) is 0 Å². The van der Waals surface area contributed by atoms with Crippen LogP contribution in [0.3, 0.4) is 0 Å². The van der Waals surface area contributed by atoms with Crippen molar-refractivity contribution in [3.05, 3.63) is 59.4 Å². The van der Waals surface area contributed by atoms with Crippen LogP contribution >= 0.6 is 0 Å². The number of benzene rings is 2. The summed E-state index contributed by atoms with van der Waals surface area (Å²) < 4.78 is 18.9. The molecular formula is C16H14FNO2. The van der Waals surface area contributed by atoms with Crippen molar-refractivity contribution in [1.82, 2.24) is 0 Å². The van der Waals surface area contributed by atoms with Gasteiger partial charge in [0.1, 0.15) is 28.9 Å². The topological polar surface area (TPSA) is 53.2 Å². The molecule has 0 unspecified atom stereocenters. The molecule has 4 heteroatoms. The van der Waals surface area contributed by atoms with Crippen LogP contribution in [-0.2, 0) is 0 Å². The number of ether oxygens (including phenoxy) is 1. The van der Waals surface area contributed by atoms with Crippen molar-refractivity contribution in [2.45, 2.75) is 19.4 Å². The maximum Gasteiger partial charge on any atom is 0.148 e. The first-order valence-electron chi connectivity index (χ1n) is 6.30. The molecule has 0 fully saturated rings. The van der Waals surface area contributed by atoms with E-state index in [2.05, 4.69) is 0 Å². The molecule has 0 aliphatic heterocycles. The fraction of sp³-hybridized carbons (Fsp3) is 0.188. The zero-order chi connectivity index (χ0) is 14.5. The highest BCUT2D eigenvalue weighted by atomic mass is 19.1. The summed E-state index contributed by atoms with van der Waals surface area (Å²) in [5, 5.41) is 18.6. The fourth-order valence-electron chi connectivity index (χ4n) is 1.82. The summed E-state index contributed by atoms with van der Waals surface area (Å²) in [5.41, 5.74) is 0.671. The maximum atomic E-state index is 13.4. The number of halogens is 1. The summed E-state index contributed by atoms with van der Waals surface area (Å²) in [5.74, 6) is 0.0541. The van der Waals surface area contributed by atoms with Crippen molar-refractivity contribution >= 4 is 0 Å². The predicted octanol–water partition coefficient (Wildman–Crippen LogP) is 3.93. The summed E-state index contributed by atoms with van der Waals surface area (Å²) in [6.45, 7) is 1.89. The molecule has 2 aromatic rings. The Bertz CT molecular complexity index is 632. The van der Waals surface area contributed by atoms with E-state index in [-0.39, 0.29) is 11.3 Å². The van der Waals surface area contributed by atoms with Crippen molar-refractivity contribution in [2.24, 2.45) is 0 Å². The average molecular weight is 271 g/mol. The van der Waals surface area contributed by atoms with Gasteiger partial charge in [0.05, 0.1) is 6.10 Å². The molecule has 0 saturated heterocycles. The quantitative estimate of drug-likeness (QED) is 0.916. The monoisotopic (exact) mass is 271 g/mol. The molecule has 0 saturated carbocycles. The van der Waals surface area contributed by atoms with E-state index in [1.807, 2.05) is 6.92 Å². The largest absolute Gasteiger partial charge is 0.456 e. The van der Waals surface area contributed by atoms with Gasteiger partial charge < -0.3 is 9.84 Å². The number of hydrogen-bond donors (Lipinski definition) is 1. The van der Waals surface area contributed by atoms with E-state index in [1.165, 1.54) is 18.2 Å². The van der Waals surface area contributed by atoms with Crippen LogP contribution in [-0.4, -0.2) is 5.11 Å². The van der Waals surface area contributed by atoms with Gasteiger partial charge in [0, 0.05) is 0 Å². The lowest BCUT2D eigenvalue weighted by molar-refractivity contribution is 0.173. The minimum Gasteiger partial charge on any atom is -0.456 e. The van der Waals surface area contributed by atoms with E-state index >= 15 is 0 Å². The highest BCUT2D eigenvalue weighted by Gasteiger charge is 2.10. The highest BCUT2D eigenvalue weighted by molar-refractivity contribution is 5.46. The van der Waals surface area contributed by atoms with Gasteiger partial charge in [-0.05, 0) is 36.2 Å². The minimum atomic E-state index is -0.608. The number of aliphatic hydroxyl groups excluding tert-OH is 1. The van der Waals surface area contributed by atoms with Gasteiger partial charge in [0.25, 0.3) is 0 Å². The molecule has 0 aliphatic rings. The van der Waals surface area contributed by atoms with Crippen LogP contribution in [0.4, 0.5) is 4.39 Å². The average Bonchev–Trinajstić information content (AvgIpc) is 2.47. The molecule has 2 rings (SSSR count). The Hall–Kier alpha value is -2.38. The number of rotatable bonds is 4. The van der Waals surface area contributed by atoms with Gasteiger partial charge in [-0.1, -0.05) is 25.1 Å². The van der Waals surface area contributed by atoms with Crippen molar-refractivity contribution in [3.8, 4) is 17.6 Å². The van der Waals surface area contributed by atoms with Crippen LogP contribution in [0.1, 0.15) is 30.6 Å². The second-order valence-corrected chi connectivity index (χ2v) is 4.32. The minimum absolute atomic E-state index is 0.120. The number of nitrogens with zero attached hydrogens (tertiary/aromatic N) is 1. The molecule has 1 atom stereocenters. The maximum absolute atomic E-state index is 13.4. The molecule has 0 aromatic heterocycles. The standard InChI is InChI=1S/C16H14FNO2/c1-2-15(19)11-6-8-12(9-7-11)20-16-5-3-4-14(17)13(16)10-18/h3-9,15,19H,2H2,1H3/t15-/m1/s1. The molecule has 1 N–H and O–H groups in total. The van der Waals surface area contributed by atoms with Crippen LogP contribution in [0.25, 0.3) is 0 Å². The summed E-state index contributed by atoms with van der Waals surface area (Å²) in [4.78, 5) is 0. The van der Waals surface area contributed by atoms with E-state index in [0.29, 0.717) is 12.2 Å². The molecule has 0 spiro atoms. The molecule has 0 amide bonds. The Labute approximate surface area is 116 Å². The summed E-state index contributed by atoms with van der Waals surface area (Å²) >= 11 is 0. The van der Waals surface area contributed by atoms with Gasteiger partial charge in [-0.2, -0.15) is 5.26 Å². The van der Waals surface area contributed by atoms with Crippen LogP contribution in [0.5, 0.6) is 11.5 Å². The molecule has 0 bridgehead atoms. The molecule has 0 radical (unpaired) electrons. The van der Waals surface area contributed by atoms with Crippen molar-refractivity contribution in [3.63, 3.8) is 0 Å². The zero-order valence-electron chi connectivity index (χ0n) is 11.0. The number of aliphatic hydroxyl groups is 1. The SMILES string of the molecule is CC[C@@H](O)c1ccc(Oc2cccc(F)c2C#N)cc1. The van der Waals surface area contributed by atoms with Crippen LogP contribution in [0, 0.1) is 17.1 Å². The predicted molar refractivity (Wildman–Crippen MR) is 72.9 cm³/mol. The van der Waals surface area contributed by atoms with E-state index < -0.39 is 11.9 Å². The molecule has 0 aliphatic carbocycles. The van der Waals surface area contributed by atoms with Crippen LogP contribution in [0.15, 0.2) is 42.5 Å². The number of hydrogen-bond acceptors (Lipinski definition) is 3. The smallest absolute Gasteiger partial charge is 0.148 e. The third kappa shape index (κ3) is 2.95. The summed E-state index contributed by atoms with van der Waals surface area (Å²) in [6, 6.07) is 12.9. The molecule has 0 heterocycles. The molecule has 2 aromatic carbocycles. The summed E-state index contributed by atoms with van der Waals surface area (Å²) in [6.07, 6.45) is 0.121. The molecule has 20 heavy (non-hydrogen) atoms. The first-order chi connectivity index (χ1) is 9.65. The highest BCUT2D eigenvalue weighted by Crippen LogP contribution is 2.28. The Morgan fingerprint density at radius 3 is 2.55 bits per heavy atom. The lowest BCUT2D eigenvalue weighted by Crippen LogP contribution is -1.95. The Morgan fingerprint density at radius 2 is 1.95 bits per heavy atom. The third-order valence-electron chi connectivity index (χ3n) is 2.97. The van der Waals surface area contributed by atoms with E-state index in [1.54, 1.807) is 30.3 Å². The first-order valence-corrected chi connectivity index (χ1v) is 6.30. The first kappa shape index (κ1) is 14.0. The Kier molecular flexibility index (Phi) is 4.34. The van der Waals surface area contributed by atoms with Gasteiger partial charge in [-0.15, -0.1) is 0 Å². The second kappa shape index (κ2) is 6.18. The molecule has 3 nitrogen and oxygen atoms in total. The third-order valence-corrected chi connectivity index (χ3v) is 2.97. The van der Waals surface area contributed by atoms with Gasteiger partial charge in [-0.3, -0.25) is 0 Å². The number of nitriles is 1. The lowest BCUT2D eigenvalue weighted by Gasteiger charge is -2.10. The second-order valence-electron chi connectivity index (χ2n) is 4.32. The lowest BCUT2D eigenvalue weighted by atomic mass is 10.1. The molecule has 102 valence electrons. The van der Waals surface area contributed by atoms with Crippen LogP contribution < -0.4 is 4.74 Å². The van der Waals surface area contributed by atoms with Crippen molar-refractivity contribution in [2.75, 3.05) is 0 Å². The van der Waals surface area contributed by atoms with Gasteiger partial charge >= 0.3 is 0 Å². The Balaban J connectivity index is 2.23. The van der Waals surface area contributed by atoms with Crippen molar-refractivity contribution in [1.29, 1.82) is 5.26 Å². The summed E-state index contributed by atoms with van der Waals surface area (Å²) in [7, 11) is 0. The normalized spacial score (nSPS) is 11.7. The van der Waals surface area contributed by atoms with Crippen molar-refractivity contribution < 1.29 is 14.2 Å².